The number of nitrogens with zero attached hydrogens (tertiary/aromatic N) is 1. The van der Waals surface area contributed by atoms with Crippen LogP contribution < -0.4 is 5.32 Å². The van der Waals surface area contributed by atoms with Gasteiger partial charge in [-0.15, -0.1) is 0 Å². The molecule has 1 amide bonds. The molecule has 0 fully saturated rings. The minimum Gasteiger partial charge on any atom is -0.452 e. The normalized spacial score (nSPS) is 11.3. The summed E-state index contributed by atoms with van der Waals surface area (Å²) < 4.78 is 43.3. The summed E-state index contributed by atoms with van der Waals surface area (Å²) in [7, 11) is -1.55. The molecule has 0 atom stereocenters. The van der Waals surface area contributed by atoms with Gasteiger partial charge in [0.15, 0.2) is 6.61 Å². The molecule has 0 spiro atoms. The van der Waals surface area contributed by atoms with E-state index >= 15 is 0 Å². The van der Waals surface area contributed by atoms with Crippen LogP contribution >= 0.6 is 0 Å². The molecule has 0 saturated carbocycles. The molecule has 2 rings (SSSR count). The summed E-state index contributed by atoms with van der Waals surface area (Å²) in [4.78, 5) is 28.3. The second-order valence-corrected chi connectivity index (χ2v) is 7.17. The first kappa shape index (κ1) is 20.5. The number of para-hydroxylation sites is 1. The number of hydrogen-bond acceptors (Lipinski definition) is 6. The van der Waals surface area contributed by atoms with E-state index in [-0.39, 0.29) is 16.1 Å². The Kier molecular flexibility index (Phi) is 6.61. The number of hydrogen-bond donors (Lipinski definition) is 1. The van der Waals surface area contributed by atoms with Crippen LogP contribution in [-0.4, -0.2) is 45.5 Å². The highest BCUT2D eigenvalue weighted by atomic mass is 32.2. The Bertz CT molecular complexity index is 948. The lowest BCUT2D eigenvalue weighted by Crippen LogP contribution is -2.26. The number of sulfonamides is 1. The van der Waals surface area contributed by atoms with Crippen molar-refractivity contribution in [2.24, 2.45) is 0 Å². The van der Waals surface area contributed by atoms with Gasteiger partial charge in [-0.2, -0.15) is 0 Å². The highest BCUT2D eigenvalue weighted by Crippen LogP contribution is 2.17. The molecule has 0 aliphatic rings. The highest BCUT2D eigenvalue weighted by molar-refractivity contribution is 7.89. The predicted octanol–water partition coefficient (Wildman–Crippen LogP) is 1.80. The smallest absolute Gasteiger partial charge is 0.338 e. The summed E-state index contributed by atoms with van der Waals surface area (Å²) in [6, 6.07) is 10.6. The number of rotatable bonds is 7. The Balaban J connectivity index is 2.03. The Hall–Kier alpha value is -2.82. The first-order valence-corrected chi connectivity index (χ1v) is 9.04. The number of hydroxylamine groups is 1. The van der Waals surface area contributed by atoms with E-state index in [1.807, 2.05) is 0 Å². The molecule has 2 aromatic rings. The van der Waals surface area contributed by atoms with Gasteiger partial charge < -0.3 is 10.1 Å². The van der Waals surface area contributed by atoms with Crippen molar-refractivity contribution in [1.29, 1.82) is 0 Å². The highest BCUT2D eigenvalue weighted by Gasteiger charge is 2.22. The zero-order valence-corrected chi connectivity index (χ0v) is 15.3. The average Bonchev–Trinajstić information content (AvgIpc) is 2.67. The van der Waals surface area contributed by atoms with Gasteiger partial charge in [-0.05, 0) is 30.3 Å². The number of amides is 1. The number of carbonyl (C=O) groups excluding carboxylic acids is 2. The fraction of sp³-hybridized carbons (Fsp3) is 0.176. The maximum absolute atomic E-state index is 13.5. The van der Waals surface area contributed by atoms with Gasteiger partial charge in [-0.25, -0.2) is 17.6 Å². The van der Waals surface area contributed by atoms with E-state index in [0.29, 0.717) is 4.47 Å². The third-order valence-electron chi connectivity index (χ3n) is 3.45. The van der Waals surface area contributed by atoms with Gasteiger partial charge >= 0.3 is 5.97 Å². The van der Waals surface area contributed by atoms with Crippen molar-refractivity contribution in [2.45, 2.75) is 4.90 Å². The molecule has 1 N–H and O–H groups in total. The van der Waals surface area contributed by atoms with Crippen LogP contribution in [0.5, 0.6) is 0 Å². The van der Waals surface area contributed by atoms with Crippen LogP contribution in [0.3, 0.4) is 0 Å². The summed E-state index contributed by atoms with van der Waals surface area (Å²) in [6.45, 7) is -0.665. The maximum Gasteiger partial charge on any atom is 0.338 e. The Morgan fingerprint density at radius 2 is 1.85 bits per heavy atom. The summed E-state index contributed by atoms with van der Waals surface area (Å²) in [5.41, 5.74) is -0.117. The molecule has 27 heavy (non-hydrogen) atoms. The summed E-state index contributed by atoms with van der Waals surface area (Å²) in [5.74, 6) is -2.27. The topological polar surface area (TPSA) is 102 Å². The van der Waals surface area contributed by atoms with Crippen LogP contribution in [0.1, 0.15) is 10.4 Å². The van der Waals surface area contributed by atoms with Gasteiger partial charge in [0.1, 0.15) is 5.82 Å². The fourth-order valence-electron chi connectivity index (χ4n) is 1.99. The van der Waals surface area contributed by atoms with Gasteiger partial charge in [0.2, 0.25) is 0 Å². The van der Waals surface area contributed by atoms with Crippen LogP contribution in [-0.2, 0) is 24.4 Å². The molecular weight excluding hydrogens is 379 g/mol. The minimum absolute atomic E-state index is 0.0470. The summed E-state index contributed by atoms with van der Waals surface area (Å²) in [5, 5.41) is 2.26. The van der Waals surface area contributed by atoms with E-state index in [9.17, 15) is 22.4 Å². The molecule has 10 heteroatoms. The molecule has 0 aliphatic heterocycles. The van der Waals surface area contributed by atoms with Crippen molar-refractivity contribution < 1.29 is 32.0 Å². The number of halogens is 1. The van der Waals surface area contributed by atoms with E-state index in [2.05, 4.69) is 10.2 Å². The molecule has 0 heterocycles. The average molecular weight is 396 g/mol. The molecule has 8 nitrogen and oxygen atoms in total. The van der Waals surface area contributed by atoms with Crippen molar-refractivity contribution in [3.05, 3.63) is 59.9 Å². The molecular formula is C17H17FN2O6S. The SMILES string of the molecule is CON(C)S(=O)(=O)c1cccc(C(=O)OCC(=O)Nc2ccccc2F)c1. The van der Waals surface area contributed by atoms with Gasteiger partial charge in [0, 0.05) is 7.05 Å². The minimum atomic E-state index is -3.94. The van der Waals surface area contributed by atoms with Crippen LogP contribution in [0.2, 0.25) is 0 Å². The van der Waals surface area contributed by atoms with Crippen molar-refractivity contribution in [3.8, 4) is 0 Å². The molecule has 0 radical (unpaired) electrons. The van der Waals surface area contributed by atoms with E-state index in [1.54, 1.807) is 0 Å². The number of benzene rings is 2. The quantitative estimate of drug-likeness (QED) is 0.566. The zero-order valence-electron chi connectivity index (χ0n) is 14.5. The lowest BCUT2D eigenvalue weighted by atomic mass is 10.2. The van der Waals surface area contributed by atoms with Crippen molar-refractivity contribution in [2.75, 3.05) is 26.1 Å². The monoisotopic (exact) mass is 396 g/mol. The van der Waals surface area contributed by atoms with Crippen molar-refractivity contribution in [1.82, 2.24) is 4.47 Å². The maximum atomic E-state index is 13.5. The van der Waals surface area contributed by atoms with Crippen molar-refractivity contribution >= 4 is 27.6 Å². The van der Waals surface area contributed by atoms with E-state index in [4.69, 9.17) is 4.74 Å². The van der Waals surface area contributed by atoms with Gasteiger partial charge in [0.05, 0.1) is 23.3 Å². The van der Waals surface area contributed by atoms with Crippen LogP contribution in [0.4, 0.5) is 10.1 Å². The molecule has 2 aromatic carbocycles. The van der Waals surface area contributed by atoms with Gasteiger partial charge in [0.25, 0.3) is 15.9 Å². The predicted molar refractivity (Wildman–Crippen MR) is 93.7 cm³/mol. The van der Waals surface area contributed by atoms with Crippen molar-refractivity contribution in [3.63, 3.8) is 0 Å². The summed E-state index contributed by atoms with van der Waals surface area (Å²) in [6.07, 6.45) is 0. The Morgan fingerprint density at radius 1 is 1.15 bits per heavy atom. The molecule has 0 saturated heterocycles. The number of anilines is 1. The van der Waals surface area contributed by atoms with E-state index < -0.39 is 34.3 Å². The lowest BCUT2D eigenvalue weighted by molar-refractivity contribution is -0.119. The van der Waals surface area contributed by atoms with E-state index in [0.717, 1.165) is 6.07 Å². The first-order valence-electron chi connectivity index (χ1n) is 7.60. The van der Waals surface area contributed by atoms with E-state index in [1.165, 1.54) is 56.6 Å². The second kappa shape index (κ2) is 8.71. The zero-order chi connectivity index (χ0) is 20.0. The van der Waals surface area contributed by atoms with Crippen LogP contribution in [0.15, 0.2) is 53.4 Å². The molecule has 0 unspecified atom stereocenters. The second-order valence-electron chi connectivity index (χ2n) is 5.23. The van der Waals surface area contributed by atoms with Crippen LogP contribution in [0, 0.1) is 5.82 Å². The molecule has 0 aromatic heterocycles. The number of esters is 1. The third kappa shape index (κ3) is 5.09. The Labute approximate surface area is 155 Å². The lowest BCUT2D eigenvalue weighted by Gasteiger charge is -2.14. The first-order chi connectivity index (χ1) is 12.8. The fourth-order valence-corrected chi connectivity index (χ4v) is 3.01. The molecule has 0 bridgehead atoms. The standard InChI is InChI=1S/C17H17FN2O6S/c1-20(25-2)27(23,24)13-7-5-6-12(10-13)17(22)26-11-16(21)19-15-9-4-3-8-14(15)18/h3-10H,11H2,1-2H3,(H,19,21). The summed E-state index contributed by atoms with van der Waals surface area (Å²) >= 11 is 0. The Morgan fingerprint density at radius 3 is 2.52 bits per heavy atom. The number of nitrogens with one attached hydrogen (secondary N) is 1. The number of carbonyl (C=O) groups is 2. The van der Waals surface area contributed by atoms with Gasteiger partial charge in [-0.1, -0.05) is 22.7 Å². The third-order valence-corrected chi connectivity index (χ3v) is 5.12. The molecule has 144 valence electrons. The molecule has 0 aliphatic carbocycles. The van der Waals surface area contributed by atoms with Gasteiger partial charge in [-0.3, -0.25) is 9.63 Å². The van der Waals surface area contributed by atoms with Crippen LogP contribution in [0.25, 0.3) is 0 Å². The number of ether oxygens (including phenoxy) is 1. The largest absolute Gasteiger partial charge is 0.452 e.